The lowest BCUT2D eigenvalue weighted by Gasteiger charge is -2.52. The predicted molar refractivity (Wildman–Crippen MR) is 101 cm³/mol. The van der Waals surface area contributed by atoms with Crippen molar-refractivity contribution >= 4 is 11.8 Å². The quantitative estimate of drug-likeness (QED) is 0.727. The zero-order valence-corrected chi connectivity index (χ0v) is 16.6. The number of carbonyl (C=O) groups excluding carboxylic acids is 2. The summed E-state index contributed by atoms with van der Waals surface area (Å²) in [5.41, 5.74) is 0.194. The summed E-state index contributed by atoms with van der Waals surface area (Å²) in [6.07, 6.45) is -1.03. The van der Waals surface area contributed by atoms with Crippen molar-refractivity contribution in [3.05, 3.63) is 29.8 Å². The van der Waals surface area contributed by atoms with Gasteiger partial charge in [0.25, 0.3) is 0 Å². The number of carbonyl (C=O) groups is 2. The van der Waals surface area contributed by atoms with E-state index in [0.717, 1.165) is 19.4 Å². The van der Waals surface area contributed by atoms with Gasteiger partial charge in [-0.05, 0) is 49.3 Å². The molecular weight excluding hydrogens is 401 g/mol. The van der Waals surface area contributed by atoms with Crippen molar-refractivity contribution in [1.82, 2.24) is 9.80 Å². The molecule has 3 aliphatic rings. The Labute approximate surface area is 172 Å². The van der Waals surface area contributed by atoms with Gasteiger partial charge in [-0.3, -0.25) is 9.59 Å². The van der Waals surface area contributed by atoms with E-state index in [2.05, 4.69) is 4.74 Å². The second-order valence-electron chi connectivity index (χ2n) is 8.40. The first-order valence-electron chi connectivity index (χ1n) is 10.2. The molecule has 1 aromatic rings. The number of rotatable bonds is 5. The van der Waals surface area contributed by atoms with Crippen LogP contribution in [0.4, 0.5) is 13.2 Å². The normalized spacial score (nSPS) is 21.8. The van der Waals surface area contributed by atoms with Crippen LogP contribution in [0.15, 0.2) is 24.3 Å². The molecule has 30 heavy (non-hydrogen) atoms. The molecule has 0 radical (unpaired) electrons. The van der Waals surface area contributed by atoms with Gasteiger partial charge in [-0.2, -0.15) is 0 Å². The molecule has 1 aliphatic carbocycles. The van der Waals surface area contributed by atoms with Crippen molar-refractivity contribution in [3.8, 4) is 5.75 Å². The second kappa shape index (κ2) is 8.09. The lowest BCUT2D eigenvalue weighted by molar-refractivity contribution is -0.274. The standard InChI is InChI=1S/C21H25F3N2O4/c22-21(23,24)30-17-5-3-15(4-6-17)11-18(27)25-13-19(28)26(12-16-1-2-16)20(14-25)7-9-29-10-8-20/h3-6,16H,1-2,7-14H2. The van der Waals surface area contributed by atoms with Crippen LogP contribution in [0.3, 0.4) is 0 Å². The van der Waals surface area contributed by atoms with Crippen LogP contribution in [0, 0.1) is 5.92 Å². The van der Waals surface area contributed by atoms with E-state index >= 15 is 0 Å². The molecule has 0 unspecified atom stereocenters. The van der Waals surface area contributed by atoms with E-state index in [-0.39, 0.29) is 36.1 Å². The van der Waals surface area contributed by atoms with Crippen LogP contribution in [0.25, 0.3) is 0 Å². The van der Waals surface area contributed by atoms with E-state index in [4.69, 9.17) is 4.74 Å². The minimum atomic E-state index is -4.75. The van der Waals surface area contributed by atoms with Crippen LogP contribution < -0.4 is 4.74 Å². The minimum absolute atomic E-state index is 0.0226. The number of amides is 2. The molecule has 0 bridgehead atoms. The number of hydrogen-bond acceptors (Lipinski definition) is 4. The van der Waals surface area contributed by atoms with Gasteiger partial charge in [-0.1, -0.05) is 12.1 Å². The molecule has 2 aliphatic heterocycles. The van der Waals surface area contributed by atoms with Crippen LogP contribution in [0.1, 0.15) is 31.2 Å². The molecule has 0 aromatic heterocycles. The highest BCUT2D eigenvalue weighted by molar-refractivity contribution is 5.88. The summed E-state index contributed by atoms with van der Waals surface area (Å²) in [6.45, 7) is 2.40. The Morgan fingerprint density at radius 1 is 1.17 bits per heavy atom. The lowest BCUT2D eigenvalue weighted by Crippen LogP contribution is -2.67. The van der Waals surface area contributed by atoms with Gasteiger partial charge >= 0.3 is 6.36 Å². The number of halogens is 3. The van der Waals surface area contributed by atoms with E-state index in [1.165, 1.54) is 24.3 Å². The maximum atomic E-state index is 12.9. The molecule has 1 saturated carbocycles. The molecule has 9 heteroatoms. The number of alkyl halides is 3. The average Bonchev–Trinajstić information content (AvgIpc) is 3.50. The van der Waals surface area contributed by atoms with Crippen molar-refractivity contribution in [2.75, 3.05) is 32.8 Å². The summed E-state index contributed by atoms with van der Waals surface area (Å²) < 4.78 is 46.2. The first-order valence-corrected chi connectivity index (χ1v) is 10.2. The highest BCUT2D eigenvalue weighted by Gasteiger charge is 2.48. The smallest absolute Gasteiger partial charge is 0.406 e. The van der Waals surface area contributed by atoms with Gasteiger partial charge in [0.15, 0.2) is 0 Å². The monoisotopic (exact) mass is 426 g/mol. The summed E-state index contributed by atoms with van der Waals surface area (Å²) in [5, 5.41) is 0. The van der Waals surface area contributed by atoms with E-state index in [1.807, 2.05) is 4.90 Å². The fourth-order valence-electron chi connectivity index (χ4n) is 4.31. The molecule has 3 fully saturated rings. The van der Waals surface area contributed by atoms with Crippen LogP contribution >= 0.6 is 0 Å². The Bertz CT molecular complexity index is 786. The maximum Gasteiger partial charge on any atom is 0.573 e. The highest BCUT2D eigenvalue weighted by Crippen LogP contribution is 2.38. The molecule has 6 nitrogen and oxygen atoms in total. The zero-order chi connectivity index (χ0) is 21.4. The SMILES string of the molecule is O=C(Cc1ccc(OC(F)(F)F)cc1)N1CC(=O)N(CC2CC2)C2(CCOCC2)C1. The Kier molecular flexibility index (Phi) is 5.65. The van der Waals surface area contributed by atoms with Crippen molar-refractivity contribution in [2.24, 2.45) is 5.92 Å². The molecule has 0 atom stereocenters. The van der Waals surface area contributed by atoms with Crippen LogP contribution in [0.2, 0.25) is 0 Å². The third-order valence-electron chi connectivity index (χ3n) is 6.11. The van der Waals surface area contributed by atoms with Gasteiger partial charge < -0.3 is 19.3 Å². The summed E-state index contributed by atoms with van der Waals surface area (Å²) in [6, 6.07) is 5.26. The van der Waals surface area contributed by atoms with Crippen LogP contribution in [-0.2, 0) is 20.7 Å². The predicted octanol–water partition coefficient (Wildman–Crippen LogP) is 2.76. The number of hydrogen-bond donors (Lipinski definition) is 0. The largest absolute Gasteiger partial charge is 0.573 e. The van der Waals surface area contributed by atoms with E-state index in [1.54, 1.807) is 4.90 Å². The van der Waals surface area contributed by atoms with Crippen molar-refractivity contribution in [2.45, 2.75) is 44.0 Å². The molecule has 1 aromatic carbocycles. The average molecular weight is 426 g/mol. The Morgan fingerprint density at radius 3 is 2.43 bits per heavy atom. The molecule has 0 N–H and O–H groups in total. The topological polar surface area (TPSA) is 59.1 Å². The number of piperazine rings is 1. The van der Waals surface area contributed by atoms with Crippen LogP contribution in [-0.4, -0.2) is 66.4 Å². The van der Waals surface area contributed by atoms with Gasteiger partial charge in [-0.15, -0.1) is 13.2 Å². The van der Waals surface area contributed by atoms with Crippen LogP contribution in [0.5, 0.6) is 5.75 Å². The zero-order valence-electron chi connectivity index (χ0n) is 16.6. The fraction of sp³-hybridized carbons (Fsp3) is 0.619. The van der Waals surface area contributed by atoms with E-state index < -0.39 is 6.36 Å². The second-order valence-corrected chi connectivity index (χ2v) is 8.40. The summed E-state index contributed by atoms with van der Waals surface area (Å²) in [7, 11) is 0. The molecule has 2 heterocycles. The van der Waals surface area contributed by atoms with Gasteiger partial charge in [0, 0.05) is 26.3 Å². The number of nitrogens with zero attached hydrogens (tertiary/aromatic N) is 2. The van der Waals surface area contributed by atoms with E-state index in [0.29, 0.717) is 44.1 Å². The molecular formula is C21H25F3N2O4. The first-order chi connectivity index (χ1) is 14.2. The minimum Gasteiger partial charge on any atom is -0.406 e. The number of ether oxygens (including phenoxy) is 2. The van der Waals surface area contributed by atoms with Gasteiger partial charge in [0.2, 0.25) is 11.8 Å². The third kappa shape index (κ3) is 4.88. The Morgan fingerprint density at radius 2 is 1.83 bits per heavy atom. The summed E-state index contributed by atoms with van der Waals surface area (Å²) in [5.74, 6) is -0.000757. The van der Waals surface area contributed by atoms with Crippen molar-refractivity contribution in [1.29, 1.82) is 0 Å². The molecule has 4 rings (SSSR count). The van der Waals surface area contributed by atoms with Gasteiger partial charge in [-0.25, -0.2) is 0 Å². The Balaban J connectivity index is 1.43. The molecule has 1 spiro atoms. The van der Waals surface area contributed by atoms with Gasteiger partial charge in [0.1, 0.15) is 5.75 Å². The fourth-order valence-corrected chi connectivity index (χ4v) is 4.31. The van der Waals surface area contributed by atoms with Crippen molar-refractivity contribution < 1.29 is 32.2 Å². The summed E-state index contributed by atoms with van der Waals surface area (Å²) >= 11 is 0. The molecule has 2 saturated heterocycles. The van der Waals surface area contributed by atoms with E-state index in [9.17, 15) is 22.8 Å². The number of benzene rings is 1. The maximum absolute atomic E-state index is 12.9. The van der Waals surface area contributed by atoms with Crippen molar-refractivity contribution in [3.63, 3.8) is 0 Å². The molecule has 2 amide bonds. The molecule has 164 valence electrons. The first kappa shape index (κ1) is 21.0. The highest BCUT2D eigenvalue weighted by atomic mass is 19.4. The lowest BCUT2D eigenvalue weighted by atomic mass is 9.84. The third-order valence-corrected chi connectivity index (χ3v) is 6.11. The Hall–Kier alpha value is -2.29. The summed E-state index contributed by atoms with van der Waals surface area (Å²) in [4.78, 5) is 29.4. The van der Waals surface area contributed by atoms with Gasteiger partial charge in [0.05, 0.1) is 18.5 Å².